The Hall–Kier alpha value is -2.38. The molecule has 10 nitrogen and oxygen atoms in total. The summed E-state index contributed by atoms with van der Waals surface area (Å²) >= 11 is -0.0446. The van der Waals surface area contributed by atoms with E-state index in [1.807, 2.05) is 0 Å². The standard InChI is InChI=1S/C24H31FN6O4S/c1-3-8-36-24-27-22(26-16-10-14(16)13-5-4-12(2)15(25)9-13)19-23(28-24)31(30-29-19)17-11-18(35-7-6-32)21(34)20(17)33/h4-5,9,14,16-18,20-21,32-34H,3,6-8,10-11H2,1-2H3,(H,26,27,28)/t14-,16+,17+,18-,20-,21+/m0/s1/i3D2,4D,5D,6D2,8D2,9D,10D2,11D2,16D,17D,18D,20D,21D. The molecule has 0 bridgehead atoms. The lowest BCUT2D eigenvalue weighted by Gasteiger charge is -2.17. The second kappa shape index (κ2) is 10.5. The van der Waals surface area contributed by atoms with E-state index in [2.05, 4.69) is 25.6 Å². The number of hydrogen-bond donors (Lipinski definition) is 4. The number of aliphatic hydroxyl groups is 3. The van der Waals surface area contributed by atoms with Gasteiger partial charge in [-0.2, -0.15) is 0 Å². The molecule has 12 heteroatoms. The van der Waals surface area contributed by atoms with Crippen LogP contribution in [0.4, 0.5) is 10.2 Å². The first-order chi connectivity index (χ1) is 24.0. The second-order valence-electron chi connectivity index (χ2n) is 7.27. The molecule has 0 unspecified atom stereocenters. The van der Waals surface area contributed by atoms with Gasteiger partial charge in [0, 0.05) is 35.0 Å². The predicted molar refractivity (Wildman–Crippen MR) is 133 cm³/mol. The van der Waals surface area contributed by atoms with Gasteiger partial charge in [0.1, 0.15) is 18.0 Å². The molecule has 1 aromatic carbocycles. The molecule has 0 radical (unpaired) electrons. The fourth-order valence-corrected chi connectivity index (χ4v) is 3.61. The molecule has 6 atom stereocenters. The quantitative estimate of drug-likeness (QED) is 0.225. The van der Waals surface area contributed by atoms with E-state index in [1.165, 1.54) is 0 Å². The normalized spacial score (nSPS) is 49.1. The average molecular weight is 537 g/mol. The van der Waals surface area contributed by atoms with Gasteiger partial charge in [-0.15, -0.1) is 5.10 Å². The molecule has 0 spiro atoms. The maximum absolute atomic E-state index is 14.9. The zero-order chi connectivity index (χ0) is 41.6. The molecule has 194 valence electrons. The summed E-state index contributed by atoms with van der Waals surface area (Å²) in [6.45, 7) is -3.00. The zero-order valence-electron chi connectivity index (χ0n) is 36.6. The summed E-state index contributed by atoms with van der Waals surface area (Å²) in [6, 6.07) is -9.15. The molecule has 2 saturated carbocycles. The van der Waals surface area contributed by atoms with Gasteiger partial charge in [0.25, 0.3) is 0 Å². The third-order valence-corrected chi connectivity index (χ3v) is 5.59. The molecule has 0 amide bonds. The Labute approximate surface area is 237 Å². The van der Waals surface area contributed by atoms with Crippen molar-refractivity contribution in [2.75, 3.05) is 24.2 Å². The molecule has 4 N–H and O–H groups in total. The maximum Gasteiger partial charge on any atom is 0.191 e. The van der Waals surface area contributed by atoms with E-state index >= 15 is 0 Å². The third kappa shape index (κ3) is 4.92. The first-order valence-corrected chi connectivity index (χ1v) is 11.0. The maximum atomic E-state index is 14.9. The van der Waals surface area contributed by atoms with Gasteiger partial charge in [0.05, 0.1) is 39.0 Å². The van der Waals surface area contributed by atoms with Crippen molar-refractivity contribution in [2.45, 2.75) is 74.3 Å². The molecule has 2 aliphatic rings. The number of benzene rings is 1. The summed E-state index contributed by atoms with van der Waals surface area (Å²) in [4.78, 5) is 7.96. The van der Waals surface area contributed by atoms with Crippen molar-refractivity contribution in [3.63, 3.8) is 0 Å². The first-order valence-electron chi connectivity index (χ1n) is 19.2. The van der Waals surface area contributed by atoms with E-state index in [-0.39, 0.29) is 22.0 Å². The van der Waals surface area contributed by atoms with Crippen molar-refractivity contribution in [1.29, 1.82) is 0 Å². The van der Waals surface area contributed by atoms with Crippen molar-refractivity contribution in [1.82, 2.24) is 25.0 Å². The van der Waals surface area contributed by atoms with Crippen LogP contribution in [0.15, 0.2) is 23.3 Å². The van der Waals surface area contributed by atoms with E-state index in [9.17, 15) is 19.7 Å². The fraction of sp³-hybridized carbons (Fsp3) is 0.583. The van der Waals surface area contributed by atoms with E-state index < -0.39 is 126 Å². The van der Waals surface area contributed by atoms with Gasteiger partial charge in [0.2, 0.25) is 0 Å². The number of nitrogens with zero attached hydrogens (tertiary/aromatic N) is 5. The van der Waals surface area contributed by atoms with Crippen molar-refractivity contribution in [3.8, 4) is 0 Å². The summed E-state index contributed by atoms with van der Waals surface area (Å²) < 4.78 is 169. The first kappa shape index (κ1) is 11.6. The van der Waals surface area contributed by atoms with Gasteiger partial charge in [-0.25, -0.2) is 19.0 Å². The van der Waals surface area contributed by atoms with Crippen molar-refractivity contribution < 1.29 is 49.1 Å². The summed E-state index contributed by atoms with van der Waals surface area (Å²) in [5.74, 6) is -3.95. The van der Waals surface area contributed by atoms with Gasteiger partial charge < -0.3 is 25.4 Å². The van der Waals surface area contributed by atoms with Gasteiger partial charge in [-0.3, -0.25) is 0 Å². The largest absolute Gasteiger partial charge is 0.394 e. The summed E-state index contributed by atoms with van der Waals surface area (Å²) in [5.41, 5.74) is -5.76. The van der Waals surface area contributed by atoms with Crippen LogP contribution in [0.1, 0.15) is 73.8 Å². The number of anilines is 1. The molecular formula is C24H31FN6O4S. The van der Waals surface area contributed by atoms with Crippen molar-refractivity contribution in [3.05, 3.63) is 35.1 Å². The Balaban J connectivity index is 1.76. The lowest BCUT2D eigenvalue weighted by atomic mass is 10.1. The van der Waals surface area contributed by atoms with Crippen LogP contribution in [0.25, 0.3) is 11.2 Å². The highest BCUT2D eigenvalue weighted by Crippen LogP contribution is 2.44. The molecule has 5 rings (SSSR count). The van der Waals surface area contributed by atoms with Crippen LogP contribution in [0.5, 0.6) is 0 Å². The molecule has 3 aromatic rings. The molecule has 0 aliphatic heterocycles. The SMILES string of the molecule is [2H]c1c([2H])c([C@@H]2C([2H])([2H])[C@@]2([2H])Nc2nc(SC([2H])([2H])C([2H])([2H])C)nc3c2nnn3[C@]2([2H])C([2H])([2H])[C@]([2H])(OCC([2H])([2H])O)[C@@]([2H])(O)[C@@]2([2H])O)c([2H])c(F)c1C. The highest BCUT2D eigenvalue weighted by molar-refractivity contribution is 7.99. The molecule has 0 saturated heterocycles. The van der Waals surface area contributed by atoms with E-state index in [0.29, 0.717) is 0 Å². The lowest BCUT2D eigenvalue weighted by molar-refractivity contribution is -0.0629. The molecule has 2 fully saturated rings. The van der Waals surface area contributed by atoms with Crippen LogP contribution >= 0.6 is 11.8 Å². The van der Waals surface area contributed by atoms with Crippen LogP contribution in [-0.2, 0) is 4.74 Å². The lowest BCUT2D eigenvalue weighted by Crippen LogP contribution is -2.33. The molecule has 2 aromatic heterocycles. The fourth-order valence-electron chi connectivity index (χ4n) is 3.15. The average Bonchev–Trinajstić information content (AvgIpc) is 3.26. The minimum Gasteiger partial charge on any atom is -0.394 e. The van der Waals surface area contributed by atoms with Gasteiger partial charge in [0.15, 0.2) is 22.1 Å². The third-order valence-electron chi connectivity index (χ3n) is 4.92. The van der Waals surface area contributed by atoms with Crippen molar-refractivity contribution >= 4 is 28.7 Å². The number of fused-ring (bicyclic) bond motifs is 1. The van der Waals surface area contributed by atoms with Crippen LogP contribution < -0.4 is 5.32 Å². The summed E-state index contributed by atoms with van der Waals surface area (Å²) in [7, 11) is 0. The highest BCUT2D eigenvalue weighted by Gasteiger charge is 2.45. The topological polar surface area (TPSA) is 138 Å². The van der Waals surface area contributed by atoms with Crippen LogP contribution in [0, 0.1) is 12.7 Å². The Morgan fingerprint density at radius 2 is 2.19 bits per heavy atom. The zero-order valence-corrected chi connectivity index (χ0v) is 19.4. The van der Waals surface area contributed by atoms with Crippen LogP contribution in [-0.4, -0.2) is 83.4 Å². The van der Waals surface area contributed by atoms with E-state index in [4.69, 9.17) is 29.4 Å². The Bertz CT molecular complexity index is 2020. The summed E-state index contributed by atoms with van der Waals surface area (Å²) in [6.07, 6.45) is -21.9. The number of rotatable bonds is 10. The smallest absolute Gasteiger partial charge is 0.191 e. The van der Waals surface area contributed by atoms with Gasteiger partial charge >= 0.3 is 0 Å². The number of hydrogen-bond acceptors (Lipinski definition) is 10. The van der Waals surface area contributed by atoms with E-state index in [1.54, 1.807) is 0 Å². The molecule has 2 heterocycles. The predicted octanol–water partition coefficient (Wildman–Crippen LogP) is 2.18. The number of thioether (sulfide) groups is 1. The molecular weight excluding hydrogens is 487 g/mol. The highest BCUT2D eigenvalue weighted by atomic mass is 32.2. The van der Waals surface area contributed by atoms with Gasteiger partial charge in [-0.05, 0) is 36.8 Å². The number of ether oxygens (including phenoxy) is 1. The Morgan fingerprint density at radius 3 is 2.97 bits per heavy atom. The number of halogens is 1. The van der Waals surface area contributed by atoms with Crippen molar-refractivity contribution in [2.24, 2.45) is 0 Å². The minimum atomic E-state index is -4.25. The molecule has 2 aliphatic carbocycles. The molecule has 36 heavy (non-hydrogen) atoms. The summed E-state index contributed by atoms with van der Waals surface area (Å²) in [5, 5.41) is 40.5. The van der Waals surface area contributed by atoms with E-state index in [0.717, 1.165) is 13.8 Å². The Kier molecular flexibility index (Phi) is 3.39. The number of nitrogens with one attached hydrogen (secondary N) is 1. The second-order valence-corrected chi connectivity index (χ2v) is 8.05. The Morgan fingerprint density at radius 1 is 1.36 bits per heavy atom. The monoisotopic (exact) mass is 536 g/mol. The van der Waals surface area contributed by atoms with Crippen LogP contribution in [0.3, 0.4) is 0 Å². The minimum absolute atomic E-state index is 0.0446. The number of aromatic nitrogens is 5. The van der Waals surface area contributed by atoms with Gasteiger partial charge in [-0.1, -0.05) is 36.0 Å². The van der Waals surface area contributed by atoms with Crippen LogP contribution in [0.2, 0.25) is 0 Å².